The highest BCUT2D eigenvalue weighted by atomic mass is 16.2. The van der Waals surface area contributed by atoms with Crippen molar-refractivity contribution < 1.29 is 9.59 Å². The molecule has 3 aromatic heterocycles. The summed E-state index contributed by atoms with van der Waals surface area (Å²) in [6, 6.07) is 48.9. The fraction of sp³-hybridized carbons (Fsp3) is 0.100. The number of hydrogen-bond acceptors (Lipinski definition) is 8. The van der Waals surface area contributed by atoms with Crippen LogP contribution < -0.4 is 9.80 Å². The third kappa shape index (κ3) is 6.43. The summed E-state index contributed by atoms with van der Waals surface area (Å²) < 4.78 is 0. The van der Waals surface area contributed by atoms with E-state index in [1.54, 1.807) is 6.08 Å². The molecule has 0 saturated carbocycles. The number of allylic oxidation sites excluding steroid dienone is 3. The van der Waals surface area contributed by atoms with Gasteiger partial charge in [-0.25, -0.2) is 9.97 Å². The topological polar surface area (TPSA) is 92.2 Å². The standard InChI is InChI=1S/C60H44N6O2/c1-35(2)41-21-13-22-42(36(3)4)55(41)65-54(28-27-47-57(67)48-29-37-15-5-6-16-38(37)30-49(48)58(47)68)66(60-59(65)63-52-25-11-12-26-53(52)64-60)56-45(50-33-61-31-39-17-7-9-19-43(39)50)23-14-24-46(56)51-34-62-32-40-18-8-10-20-44(40)51/h5-36H,1-4H3/b54-28+. The molecule has 326 valence electrons. The average Bonchev–Trinajstić information content (AvgIpc) is 3.80. The molecule has 12 rings (SSSR count). The Hall–Kier alpha value is -8.62. The number of para-hydroxylation sites is 4. The fourth-order valence-corrected chi connectivity index (χ4v) is 10.2. The Morgan fingerprint density at radius 1 is 0.426 bits per heavy atom. The predicted molar refractivity (Wildman–Crippen MR) is 275 cm³/mol. The van der Waals surface area contributed by atoms with E-state index in [9.17, 15) is 9.59 Å². The van der Waals surface area contributed by atoms with E-state index in [1.165, 1.54) is 0 Å². The van der Waals surface area contributed by atoms with Crippen molar-refractivity contribution in [1.82, 2.24) is 19.9 Å². The monoisotopic (exact) mass is 880 g/mol. The smallest absolute Gasteiger partial charge is 0.197 e. The SMILES string of the molecule is CC(C)c1cccc(C(C)C)c1N1/C(=C\C=C2C(=O)c3cc4ccccc4cc3C2=O)N(c2c(-c3cncc4ccccc34)cccc2-c2cncc3ccccc23)c2nc3ccccc3nc21. The summed E-state index contributed by atoms with van der Waals surface area (Å²) in [4.78, 5) is 54.2. The number of hydrogen-bond donors (Lipinski definition) is 0. The van der Waals surface area contributed by atoms with Crippen molar-refractivity contribution in [3.63, 3.8) is 0 Å². The lowest BCUT2D eigenvalue weighted by atomic mass is 9.91. The minimum absolute atomic E-state index is 0.0935. The van der Waals surface area contributed by atoms with Gasteiger partial charge in [-0.15, -0.1) is 0 Å². The summed E-state index contributed by atoms with van der Waals surface area (Å²) in [5.41, 5.74) is 10.0. The van der Waals surface area contributed by atoms with Gasteiger partial charge in [-0.3, -0.25) is 29.4 Å². The number of pyridine rings is 2. The molecule has 2 aliphatic rings. The van der Waals surface area contributed by atoms with E-state index >= 15 is 0 Å². The number of fused-ring (bicyclic) bond motifs is 6. The zero-order valence-corrected chi connectivity index (χ0v) is 38.0. The first-order chi connectivity index (χ1) is 33.2. The molecule has 0 N–H and O–H groups in total. The van der Waals surface area contributed by atoms with Crippen LogP contribution in [0.4, 0.5) is 23.0 Å². The normalized spacial score (nSPS) is 14.1. The molecule has 8 nitrogen and oxygen atoms in total. The van der Waals surface area contributed by atoms with E-state index in [-0.39, 0.29) is 29.0 Å². The second kappa shape index (κ2) is 16.1. The first-order valence-electron chi connectivity index (χ1n) is 23.1. The minimum Gasteiger partial charge on any atom is -0.288 e. The Kier molecular flexibility index (Phi) is 9.65. The van der Waals surface area contributed by atoms with Crippen molar-refractivity contribution in [2.24, 2.45) is 0 Å². The maximum Gasteiger partial charge on any atom is 0.197 e. The molecule has 7 aromatic carbocycles. The summed E-state index contributed by atoms with van der Waals surface area (Å²) in [5, 5.41) is 5.87. The van der Waals surface area contributed by atoms with Gasteiger partial charge in [0.2, 0.25) is 0 Å². The number of ketones is 2. The molecule has 0 radical (unpaired) electrons. The van der Waals surface area contributed by atoms with Crippen LogP contribution in [0.5, 0.6) is 0 Å². The molecule has 1 aliphatic heterocycles. The van der Waals surface area contributed by atoms with Gasteiger partial charge in [0.15, 0.2) is 23.2 Å². The molecule has 0 bridgehead atoms. The molecule has 0 fully saturated rings. The van der Waals surface area contributed by atoms with Gasteiger partial charge in [-0.2, -0.15) is 0 Å². The highest BCUT2D eigenvalue weighted by Crippen LogP contribution is 2.56. The van der Waals surface area contributed by atoms with Crippen LogP contribution >= 0.6 is 0 Å². The highest BCUT2D eigenvalue weighted by Gasteiger charge is 2.42. The zero-order chi connectivity index (χ0) is 46.2. The van der Waals surface area contributed by atoms with Gasteiger partial charge < -0.3 is 0 Å². The number of Topliss-reactive ketones (excluding diaryl/α,β-unsaturated/α-hetero) is 2. The van der Waals surface area contributed by atoms with E-state index in [4.69, 9.17) is 19.9 Å². The van der Waals surface area contributed by atoms with Crippen molar-refractivity contribution in [3.05, 3.63) is 216 Å². The highest BCUT2D eigenvalue weighted by molar-refractivity contribution is 6.40. The molecule has 8 heteroatoms. The van der Waals surface area contributed by atoms with Crippen molar-refractivity contribution >= 4 is 77.9 Å². The molecule has 4 heterocycles. The molecular weight excluding hydrogens is 837 g/mol. The Bertz CT molecular complexity index is 3640. The third-order valence-corrected chi connectivity index (χ3v) is 13.4. The molecular formula is C60H44N6O2. The van der Waals surface area contributed by atoms with E-state index in [1.807, 2.05) is 104 Å². The van der Waals surface area contributed by atoms with E-state index in [2.05, 4.69) is 110 Å². The van der Waals surface area contributed by atoms with Gasteiger partial charge in [0, 0.05) is 68.9 Å². The summed E-state index contributed by atoms with van der Waals surface area (Å²) in [6.07, 6.45) is 11.3. The van der Waals surface area contributed by atoms with Crippen LogP contribution in [-0.4, -0.2) is 31.5 Å². The number of benzene rings is 7. The molecule has 68 heavy (non-hydrogen) atoms. The Balaban J connectivity index is 1.22. The van der Waals surface area contributed by atoms with Gasteiger partial charge in [-0.1, -0.05) is 149 Å². The molecule has 0 saturated heterocycles. The lowest BCUT2D eigenvalue weighted by Gasteiger charge is -2.32. The maximum atomic E-state index is 14.6. The summed E-state index contributed by atoms with van der Waals surface area (Å²) in [7, 11) is 0. The van der Waals surface area contributed by atoms with Crippen LogP contribution in [0.1, 0.15) is 71.4 Å². The van der Waals surface area contributed by atoms with Crippen molar-refractivity contribution in [1.29, 1.82) is 0 Å². The maximum absolute atomic E-state index is 14.6. The average molecular weight is 881 g/mol. The van der Waals surface area contributed by atoms with Crippen LogP contribution in [0.2, 0.25) is 0 Å². The minimum atomic E-state index is -0.307. The van der Waals surface area contributed by atoms with Gasteiger partial charge in [0.1, 0.15) is 5.82 Å². The van der Waals surface area contributed by atoms with Crippen molar-refractivity contribution in [2.45, 2.75) is 39.5 Å². The zero-order valence-electron chi connectivity index (χ0n) is 38.0. The summed E-state index contributed by atoms with van der Waals surface area (Å²) >= 11 is 0. The second-order valence-electron chi connectivity index (χ2n) is 18.2. The van der Waals surface area contributed by atoms with Crippen LogP contribution in [0, 0.1) is 0 Å². The number of nitrogens with zero attached hydrogens (tertiary/aromatic N) is 6. The Labute approximate surface area is 393 Å². The van der Waals surface area contributed by atoms with Crippen molar-refractivity contribution in [2.75, 3.05) is 9.80 Å². The van der Waals surface area contributed by atoms with Gasteiger partial charge in [0.05, 0.1) is 28.0 Å². The molecule has 0 amide bonds. The van der Waals surface area contributed by atoms with E-state index in [0.717, 1.165) is 88.1 Å². The Morgan fingerprint density at radius 2 is 0.868 bits per heavy atom. The van der Waals surface area contributed by atoms with Crippen LogP contribution in [0.15, 0.2) is 194 Å². The predicted octanol–water partition coefficient (Wildman–Crippen LogP) is 14.6. The van der Waals surface area contributed by atoms with Gasteiger partial charge in [-0.05, 0) is 80.9 Å². The summed E-state index contributed by atoms with van der Waals surface area (Å²) in [6.45, 7) is 8.84. The number of aromatic nitrogens is 4. The number of rotatable bonds is 7. The third-order valence-electron chi connectivity index (χ3n) is 13.4. The van der Waals surface area contributed by atoms with Gasteiger partial charge in [0.25, 0.3) is 0 Å². The van der Waals surface area contributed by atoms with Crippen LogP contribution in [0.3, 0.4) is 0 Å². The van der Waals surface area contributed by atoms with E-state index in [0.29, 0.717) is 28.6 Å². The summed E-state index contributed by atoms with van der Waals surface area (Å²) in [5.74, 6) is 1.47. The first-order valence-corrected chi connectivity index (χ1v) is 23.1. The van der Waals surface area contributed by atoms with Crippen LogP contribution in [0.25, 0.3) is 65.6 Å². The number of carbonyl (C=O) groups excluding carboxylic acids is 2. The number of carbonyl (C=O) groups is 2. The quantitative estimate of drug-likeness (QED) is 0.115. The Morgan fingerprint density at radius 3 is 1.37 bits per heavy atom. The van der Waals surface area contributed by atoms with E-state index < -0.39 is 0 Å². The van der Waals surface area contributed by atoms with Gasteiger partial charge >= 0.3 is 0 Å². The second-order valence-corrected chi connectivity index (χ2v) is 18.2. The lowest BCUT2D eigenvalue weighted by molar-refractivity contribution is 0.0988. The largest absolute Gasteiger partial charge is 0.288 e. The molecule has 0 atom stereocenters. The van der Waals surface area contributed by atoms with Crippen LogP contribution in [-0.2, 0) is 0 Å². The first kappa shape index (κ1) is 40.9. The molecule has 1 aliphatic carbocycles. The molecule has 10 aromatic rings. The number of anilines is 4. The molecule has 0 unspecified atom stereocenters. The fourth-order valence-electron chi connectivity index (χ4n) is 10.2. The molecule has 0 spiro atoms. The van der Waals surface area contributed by atoms with Crippen molar-refractivity contribution in [3.8, 4) is 22.3 Å². The lowest BCUT2D eigenvalue weighted by Crippen LogP contribution is -2.25.